The van der Waals surface area contributed by atoms with Gasteiger partial charge >= 0.3 is 0 Å². The number of nitrogens with zero attached hydrogens (tertiary/aromatic N) is 3. The zero-order valence-electron chi connectivity index (χ0n) is 17.2. The van der Waals surface area contributed by atoms with Crippen LogP contribution in [0, 0.1) is 5.92 Å². The number of hydrogen-bond acceptors (Lipinski definition) is 4. The van der Waals surface area contributed by atoms with Crippen molar-refractivity contribution in [3.63, 3.8) is 0 Å². The Kier molecular flexibility index (Phi) is 5.06. The van der Waals surface area contributed by atoms with Crippen molar-refractivity contribution >= 4 is 34.2 Å². The number of thiophene rings is 1. The van der Waals surface area contributed by atoms with Crippen LogP contribution in [-0.4, -0.2) is 39.4 Å². The molecule has 3 aromatic rings. The smallest absolute Gasteiger partial charge is 0.263 e. The van der Waals surface area contributed by atoms with E-state index in [4.69, 9.17) is 0 Å². The first-order valence-corrected chi connectivity index (χ1v) is 11.5. The van der Waals surface area contributed by atoms with Crippen molar-refractivity contribution in [3.8, 4) is 0 Å². The van der Waals surface area contributed by atoms with Crippen molar-refractivity contribution in [1.29, 1.82) is 0 Å². The molecule has 156 valence electrons. The van der Waals surface area contributed by atoms with E-state index in [-0.39, 0.29) is 17.7 Å². The Morgan fingerprint density at radius 2 is 2.03 bits per heavy atom. The molecular formula is C23H26N4O2S. The van der Waals surface area contributed by atoms with E-state index in [0.717, 1.165) is 60.5 Å². The molecule has 2 aliphatic rings. The molecule has 2 aromatic heterocycles. The van der Waals surface area contributed by atoms with Gasteiger partial charge in [0.15, 0.2) is 0 Å². The van der Waals surface area contributed by atoms with Gasteiger partial charge in [-0.05, 0) is 55.9 Å². The minimum atomic E-state index is -0.0449. The van der Waals surface area contributed by atoms with Crippen molar-refractivity contribution in [2.24, 2.45) is 13.0 Å². The minimum Gasteiger partial charge on any atom is -0.349 e. The highest BCUT2D eigenvalue weighted by atomic mass is 32.1. The SMILES string of the molecule is Cn1c(CNC(=O)C2CCc3sc(C(=O)N4CCCC4)cc3C2)nc2ccccc21. The lowest BCUT2D eigenvalue weighted by Crippen LogP contribution is -2.34. The van der Waals surface area contributed by atoms with Crippen LogP contribution in [0.1, 0.15) is 45.2 Å². The molecule has 6 nitrogen and oxygen atoms in total. The lowest BCUT2D eigenvalue weighted by Gasteiger charge is -2.21. The lowest BCUT2D eigenvalue weighted by molar-refractivity contribution is -0.125. The summed E-state index contributed by atoms with van der Waals surface area (Å²) in [7, 11) is 1.98. The normalized spacial score (nSPS) is 18.6. The van der Waals surface area contributed by atoms with Gasteiger partial charge in [-0.3, -0.25) is 9.59 Å². The summed E-state index contributed by atoms with van der Waals surface area (Å²) >= 11 is 1.62. The monoisotopic (exact) mass is 422 g/mol. The maximum atomic E-state index is 12.8. The van der Waals surface area contributed by atoms with Crippen LogP contribution in [0.5, 0.6) is 0 Å². The maximum Gasteiger partial charge on any atom is 0.263 e. The molecular weight excluding hydrogens is 396 g/mol. The van der Waals surface area contributed by atoms with Crippen molar-refractivity contribution in [3.05, 3.63) is 51.5 Å². The summed E-state index contributed by atoms with van der Waals surface area (Å²) in [6.45, 7) is 2.17. The highest BCUT2D eigenvalue weighted by Crippen LogP contribution is 2.33. The zero-order valence-corrected chi connectivity index (χ0v) is 18.0. The summed E-state index contributed by atoms with van der Waals surface area (Å²) in [6.07, 6.45) is 4.62. The number of aryl methyl sites for hydroxylation is 2. The molecule has 1 aliphatic heterocycles. The highest BCUT2D eigenvalue weighted by Gasteiger charge is 2.29. The molecule has 1 unspecified atom stereocenters. The molecule has 3 heterocycles. The van der Waals surface area contributed by atoms with Crippen molar-refractivity contribution in [2.45, 2.75) is 38.6 Å². The number of hydrogen-bond donors (Lipinski definition) is 1. The molecule has 1 atom stereocenters. The summed E-state index contributed by atoms with van der Waals surface area (Å²) in [4.78, 5) is 34.2. The second-order valence-electron chi connectivity index (χ2n) is 8.29. The van der Waals surface area contributed by atoms with Gasteiger partial charge in [-0.2, -0.15) is 0 Å². The molecule has 0 bridgehead atoms. The lowest BCUT2D eigenvalue weighted by atomic mass is 9.88. The highest BCUT2D eigenvalue weighted by molar-refractivity contribution is 7.14. The Morgan fingerprint density at radius 1 is 1.23 bits per heavy atom. The fourth-order valence-electron chi connectivity index (χ4n) is 4.59. The third-order valence-corrected chi connectivity index (χ3v) is 7.58. The van der Waals surface area contributed by atoms with Gasteiger partial charge in [0.2, 0.25) is 5.91 Å². The molecule has 0 spiro atoms. The van der Waals surface area contributed by atoms with Gasteiger partial charge in [-0.1, -0.05) is 12.1 Å². The summed E-state index contributed by atoms with van der Waals surface area (Å²) in [5, 5.41) is 3.08. The number of aromatic nitrogens is 2. The number of benzene rings is 1. The molecule has 2 amide bonds. The predicted octanol–water partition coefficient (Wildman–Crippen LogP) is 3.29. The van der Waals surface area contributed by atoms with Crippen molar-refractivity contribution in [2.75, 3.05) is 13.1 Å². The Morgan fingerprint density at radius 3 is 2.83 bits per heavy atom. The van der Waals surface area contributed by atoms with Gasteiger partial charge < -0.3 is 14.8 Å². The van der Waals surface area contributed by atoms with E-state index in [9.17, 15) is 9.59 Å². The van der Waals surface area contributed by atoms with Gasteiger partial charge in [-0.25, -0.2) is 4.98 Å². The van der Waals surface area contributed by atoms with E-state index in [1.807, 2.05) is 46.8 Å². The average Bonchev–Trinajstić information content (AvgIpc) is 3.50. The Balaban J connectivity index is 1.23. The van der Waals surface area contributed by atoms with E-state index in [2.05, 4.69) is 10.3 Å². The quantitative estimate of drug-likeness (QED) is 0.702. The van der Waals surface area contributed by atoms with Crippen molar-refractivity contribution in [1.82, 2.24) is 19.8 Å². The number of imidazole rings is 1. The first kappa shape index (κ1) is 19.3. The first-order chi connectivity index (χ1) is 14.6. The molecule has 1 N–H and O–H groups in total. The van der Waals surface area contributed by atoms with Gasteiger partial charge in [-0.15, -0.1) is 11.3 Å². The van der Waals surface area contributed by atoms with E-state index in [1.54, 1.807) is 11.3 Å². The van der Waals surface area contributed by atoms with Crippen LogP contribution in [0.2, 0.25) is 0 Å². The molecule has 1 aliphatic carbocycles. The molecule has 7 heteroatoms. The van der Waals surface area contributed by atoms with E-state index in [0.29, 0.717) is 13.0 Å². The second kappa shape index (κ2) is 7.87. The Labute approximate surface area is 179 Å². The number of carbonyl (C=O) groups excluding carboxylic acids is 2. The second-order valence-corrected chi connectivity index (χ2v) is 9.43. The molecule has 0 saturated carbocycles. The van der Waals surface area contributed by atoms with Gasteiger partial charge in [0, 0.05) is 30.9 Å². The van der Waals surface area contributed by atoms with Crippen LogP contribution in [0.25, 0.3) is 11.0 Å². The predicted molar refractivity (Wildman–Crippen MR) is 118 cm³/mol. The van der Waals surface area contributed by atoms with Gasteiger partial charge in [0.05, 0.1) is 22.5 Å². The van der Waals surface area contributed by atoms with Crippen LogP contribution >= 0.6 is 11.3 Å². The van der Waals surface area contributed by atoms with Crippen LogP contribution in [0.4, 0.5) is 0 Å². The number of rotatable bonds is 4. The van der Waals surface area contributed by atoms with Crippen LogP contribution in [-0.2, 0) is 31.2 Å². The number of likely N-dealkylation sites (tertiary alicyclic amines) is 1. The fraction of sp³-hybridized carbons (Fsp3) is 0.435. The summed E-state index contributed by atoms with van der Waals surface area (Å²) in [6, 6.07) is 10.0. The number of nitrogens with one attached hydrogen (secondary N) is 1. The summed E-state index contributed by atoms with van der Waals surface area (Å²) in [5.41, 5.74) is 3.19. The molecule has 30 heavy (non-hydrogen) atoms. The molecule has 1 saturated heterocycles. The Bertz CT molecular complexity index is 1110. The molecule has 1 aromatic carbocycles. The Hall–Kier alpha value is -2.67. The third kappa shape index (κ3) is 3.51. The van der Waals surface area contributed by atoms with Gasteiger partial charge in [0.25, 0.3) is 5.91 Å². The fourth-order valence-corrected chi connectivity index (χ4v) is 5.77. The molecule has 0 radical (unpaired) electrons. The number of fused-ring (bicyclic) bond motifs is 2. The van der Waals surface area contributed by atoms with E-state index in [1.165, 1.54) is 10.4 Å². The van der Waals surface area contributed by atoms with E-state index >= 15 is 0 Å². The van der Waals surface area contributed by atoms with E-state index < -0.39 is 0 Å². The third-order valence-electron chi connectivity index (χ3n) is 6.36. The maximum absolute atomic E-state index is 12.8. The molecule has 5 rings (SSSR count). The standard InChI is InChI=1S/C23H26N4O2S/c1-26-18-7-3-2-6-17(18)25-21(26)14-24-22(28)15-8-9-19-16(12-15)13-20(30-19)23(29)27-10-4-5-11-27/h2-3,6-7,13,15H,4-5,8-12,14H2,1H3,(H,24,28). The average molecular weight is 423 g/mol. The van der Waals surface area contributed by atoms with Crippen molar-refractivity contribution < 1.29 is 9.59 Å². The number of para-hydroxylation sites is 2. The van der Waals surface area contributed by atoms with Crippen LogP contribution in [0.3, 0.4) is 0 Å². The van der Waals surface area contributed by atoms with Crippen LogP contribution < -0.4 is 5.32 Å². The summed E-state index contributed by atoms with van der Waals surface area (Å²) in [5.74, 6) is 1.05. The number of carbonyl (C=O) groups is 2. The largest absolute Gasteiger partial charge is 0.349 e. The summed E-state index contributed by atoms with van der Waals surface area (Å²) < 4.78 is 2.03. The molecule has 1 fully saturated rings. The van der Waals surface area contributed by atoms with Gasteiger partial charge in [0.1, 0.15) is 5.82 Å². The first-order valence-electron chi connectivity index (χ1n) is 10.7. The number of amides is 2. The zero-order chi connectivity index (χ0) is 20.7. The topological polar surface area (TPSA) is 67.2 Å². The minimum absolute atomic E-state index is 0.0449. The van der Waals surface area contributed by atoms with Crippen LogP contribution in [0.15, 0.2) is 30.3 Å².